The van der Waals surface area contributed by atoms with E-state index in [4.69, 9.17) is 9.84 Å². The lowest BCUT2D eigenvalue weighted by Crippen LogP contribution is -2.58. The van der Waals surface area contributed by atoms with Gasteiger partial charge >= 0.3 is 12.0 Å². The number of urea groups is 1. The Morgan fingerprint density at radius 2 is 1.90 bits per heavy atom. The largest absolute Gasteiger partial charge is 0.481 e. The number of carboxylic acids is 1. The number of nitrogens with zero attached hydrogens (tertiary/aromatic N) is 2. The van der Waals surface area contributed by atoms with E-state index in [1.54, 1.807) is 11.8 Å². The van der Waals surface area contributed by atoms with Crippen molar-refractivity contribution in [1.82, 2.24) is 15.1 Å². The van der Waals surface area contributed by atoms with E-state index >= 15 is 0 Å². The minimum atomic E-state index is -0.791. The average molecular weight is 299 g/mol. The highest BCUT2D eigenvalue weighted by Gasteiger charge is 2.37. The van der Waals surface area contributed by atoms with Gasteiger partial charge in [0.1, 0.15) is 0 Å². The summed E-state index contributed by atoms with van der Waals surface area (Å²) in [5.41, 5.74) is 0. The molecule has 0 aromatic heterocycles. The number of ether oxygens (including phenoxy) is 1. The molecule has 120 valence electrons. The summed E-state index contributed by atoms with van der Waals surface area (Å²) in [5.74, 6) is -1.11. The molecule has 21 heavy (non-hydrogen) atoms. The van der Waals surface area contributed by atoms with Crippen LogP contribution in [0, 0.1) is 11.8 Å². The van der Waals surface area contributed by atoms with Crippen molar-refractivity contribution in [1.29, 1.82) is 0 Å². The van der Waals surface area contributed by atoms with E-state index in [2.05, 4.69) is 10.2 Å². The number of morpholine rings is 1. The number of nitrogens with one attached hydrogen (secondary N) is 1. The summed E-state index contributed by atoms with van der Waals surface area (Å²) in [5, 5.41) is 11.9. The molecule has 0 bridgehead atoms. The zero-order valence-corrected chi connectivity index (χ0v) is 12.7. The number of hydrogen-bond acceptors (Lipinski definition) is 4. The molecule has 2 saturated heterocycles. The molecule has 2 unspecified atom stereocenters. The molecule has 2 aliphatic heterocycles. The van der Waals surface area contributed by atoms with Crippen LogP contribution < -0.4 is 5.32 Å². The number of carbonyl (C=O) groups excluding carboxylic acids is 1. The summed E-state index contributed by atoms with van der Waals surface area (Å²) < 4.78 is 5.30. The predicted molar refractivity (Wildman–Crippen MR) is 77.1 cm³/mol. The number of hydrogen-bond donors (Lipinski definition) is 2. The predicted octanol–water partition coefficient (Wildman–Crippen LogP) is 0.0692. The van der Waals surface area contributed by atoms with Gasteiger partial charge in [-0.2, -0.15) is 0 Å². The van der Waals surface area contributed by atoms with Crippen molar-refractivity contribution < 1.29 is 19.4 Å². The van der Waals surface area contributed by atoms with Crippen LogP contribution in [0.3, 0.4) is 0 Å². The van der Waals surface area contributed by atoms with E-state index in [0.29, 0.717) is 13.1 Å². The highest BCUT2D eigenvalue weighted by atomic mass is 16.5. The van der Waals surface area contributed by atoms with Gasteiger partial charge in [-0.05, 0) is 6.92 Å². The van der Waals surface area contributed by atoms with Crippen LogP contribution in [0.2, 0.25) is 0 Å². The first-order chi connectivity index (χ1) is 9.97. The van der Waals surface area contributed by atoms with Crippen LogP contribution in [0.25, 0.3) is 0 Å². The van der Waals surface area contributed by atoms with E-state index in [1.807, 2.05) is 6.92 Å². The number of amides is 2. The molecule has 2 N–H and O–H groups in total. The van der Waals surface area contributed by atoms with E-state index in [9.17, 15) is 9.59 Å². The normalized spacial score (nSPS) is 23.2. The van der Waals surface area contributed by atoms with Crippen LogP contribution in [0.4, 0.5) is 4.79 Å². The van der Waals surface area contributed by atoms with E-state index in [0.717, 1.165) is 32.8 Å². The van der Waals surface area contributed by atoms with Crippen molar-refractivity contribution in [2.24, 2.45) is 11.8 Å². The third-order valence-corrected chi connectivity index (χ3v) is 4.30. The van der Waals surface area contributed by atoms with Crippen LogP contribution in [-0.2, 0) is 9.53 Å². The molecule has 0 saturated carbocycles. The second-order valence-electron chi connectivity index (χ2n) is 6.06. The number of carboxylic acid groups (broad SMARTS) is 1. The molecule has 0 aromatic carbocycles. The molecular weight excluding hydrogens is 274 g/mol. The lowest BCUT2D eigenvalue weighted by atomic mass is 9.87. The van der Waals surface area contributed by atoms with Gasteiger partial charge in [0.15, 0.2) is 0 Å². The molecule has 2 rings (SSSR count). The first kappa shape index (κ1) is 16.0. The fraction of sp³-hybridized carbons (Fsp3) is 0.857. The van der Waals surface area contributed by atoms with Crippen LogP contribution >= 0.6 is 0 Å². The lowest BCUT2D eigenvalue weighted by molar-refractivity contribution is -0.144. The maximum Gasteiger partial charge on any atom is 0.317 e. The zero-order valence-electron chi connectivity index (χ0n) is 12.7. The maximum atomic E-state index is 12.0. The lowest BCUT2D eigenvalue weighted by Gasteiger charge is -2.41. The summed E-state index contributed by atoms with van der Waals surface area (Å²) in [4.78, 5) is 26.9. The Morgan fingerprint density at radius 1 is 1.29 bits per heavy atom. The number of likely N-dealkylation sites (tertiary alicyclic amines) is 1. The molecule has 2 heterocycles. The van der Waals surface area contributed by atoms with Gasteiger partial charge in [0, 0.05) is 44.7 Å². The Bertz CT molecular complexity index is 378. The van der Waals surface area contributed by atoms with E-state index in [-0.39, 0.29) is 23.9 Å². The summed E-state index contributed by atoms with van der Waals surface area (Å²) in [7, 11) is 0. The van der Waals surface area contributed by atoms with Crippen molar-refractivity contribution in [2.45, 2.75) is 19.9 Å². The van der Waals surface area contributed by atoms with Crippen LogP contribution in [0.5, 0.6) is 0 Å². The first-order valence-corrected chi connectivity index (χ1v) is 7.55. The van der Waals surface area contributed by atoms with E-state index in [1.165, 1.54) is 0 Å². The molecule has 2 fully saturated rings. The fourth-order valence-corrected chi connectivity index (χ4v) is 2.72. The van der Waals surface area contributed by atoms with Gasteiger partial charge in [0.05, 0.1) is 19.1 Å². The van der Waals surface area contributed by atoms with Gasteiger partial charge in [-0.1, -0.05) is 6.92 Å². The molecule has 2 amide bonds. The Hall–Kier alpha value is -1.34. The minimum Gasteiger partial charge on any atom is -0.481 e. The highest BCUT2D eigenvalue weighted by Crippen LogP contribution is 2.23. The van der Waals surface area contributed by atoms with Crippen molar-refractivity contribution in [3.8, 4) is 0 Å². The molecule has 0 aromatic rings. The summed E-state index contributed by atoms with van der Waals surface area (Å²) >= 11 is 0. The Labute approximate surface area is 125 Å². The van der Waals surface area contributed by atoms with Gasteiger partial charge < -0.3 is 20.1 Å². The molecular formula is C14H25N3O4. The third-order valence-electron chi connectivity index (χ3n) is 4.30. The van der Waals surface area contributed by atoms with E-state index < -0.39 is 5.97 Å². The standard InChI is InChI=1S/C14H25N3O4/c1-10(7-16-3-5-21-6-4-16)15-14(20)17-8-12(9-17)11(2)13(18)19/h10-12H,3-9H2,1-2H3,(H,15,20)(H,18,19). The summed E-state index contributed by atoms with van der Waals surface area (Å²) in [6, 6.07) is -0.0175. The topological polar surface area (TPSA) is 82.1 Å². The zero-order chi connectivity index (χ0) is 15.4. The highest BCUT2D eigenvalue weighted by molar-refractivity contribution is 5.76. The van der Waals surface area contributed by atoms with Crippen molar-refractivity contribution in [3.63, 3.8) is 0 Å². The van der Waals surface area contributed by atoms with Gasteiger partial charge in [-0.25, -0.2) is 4.79 Å². The second-order valence-corrected chi connectivity index (χ2v) is 6.06. The Morgan fingerprint density at radius 3 is 2.48 bits per heavy atom. The van der Waals surface area contributed by atoms with Crippen molar-refractivity contribution >= 4 is 12.0 Å². The Balaban J connectivity index is 1.67. The van der Waals surface area contributed by atoms with Crippen LogP contribution in [0.15, 0.2) is 0 Å². The maximum absolute atomic E-state index is 12.0. The Kier molecular flexibility index (Phi) is 5.41. The van der Waals surface area contributed by atoms with Crippen molar-refractivity contribution in [3.05, 3.63) is 0 Å². The molecule has 0 aliphatic carbocycles. The number of carbonyl (C=O) groups is 2. The molecule has 7 heteroatoms. The molecule has 2 aliphatic rings. The molecule has 7 nitrogen and oxygen atoms in total. The molecule has 0 spiro atoms. The SMILES string of the molecule is CC(CN1CCOCC1)NC(=O)N1CC(C(C)C(=O)O)C1. The number of aliphatic carboxylic acids is 1. The number of rotatable bonds is 5. The third kappa shape index (κ3) is 4.31. The van der Waals surface area contributed by atoms with Gasteiger partial charge in [-0.3, -0.25) is 9.69 Å². The second kappa shape index (κ2) is 7.09. The van der Waals surface area contributed by atoms with Gasteiger partial charge in [-0.15, -0.1) is 0 Å². The summed E-state index contributed by atoms with van der Waals surface area (Å²) in [6.07, 6.45) is 0. The quantitative estimate of drug-likeness (QED) is 0.751. The summed E-state index contributed by atoms with van der Waals surface area (Å²) in [6.45, 7) is 8.88. The average Bonchev–Trinajstić information content (AvgIpc) is 2.37. The first-order valence-electron chi connectivity index (χ1n) is 7.55. The smallest absolute Gasteiger partial charge is 0.317 e. The van der Waals surface area contributed by atoms with Gasteiger partial charge in [0.25, 0.3) is 0 Å². The fourth-order valence-electron chi connectivity index (χ4n) is 2.72. The van der Waals surface area contributed by atoms with Crippen LogP contribution in [0.1, 0.15) is 13.8 Å². The molecule has 2 atom stereocenters. The minimum absolute atomic E-state index is 0.0720. The van der Waals surface area contributed by atoms with Crippen LogP contribution in [-0.4, -0.2) is 78.9 Å². The monoisotopic (exact) mass is 299 g/mol. The molecule has 0 radical (unpaired) electrons. The van der Waals surface area contributed by atoms with Gasteiger partial charge in [0.2, 0.25) is 0 Å². The van der Waals surface area contributed by atoms with Crippen molar-refractivity contribution in [2.75, 3.05) is 45.9 Å².